The van der Waals surface area contributed by atoms with E-state index in [2.05, 4.69) is 111 Å². The second kappa shape index (κ2) is 23.4. The lowest BCUT2D eigenvalue weighted by molar-refractivity contribution is -0.0239. The van der Waals surface area contributed by atoms with Gasteiger partial charge in [0, 0.05) is 6.10 Å². The first-order chi connectivity index (χ1) is 24.9. The average Bonchev–Trinajstić information content (AvgIpc) is 3.08. The average molecular weight is 771 g/mol. The Hall–Kier alpha value is -1.65. The van der Waals surface area contributed by atoms with Gasteiger partial charge in [-0.1, -0.05) is 143 Å². The van der Waals surface area contributed by atoms with Gasteiger partial charge in [-0.05, 0) is 104 Å². The summed E-state index contributed by atoms with van der Waals surface area (Å²) in [6, 6.07) is 16.6. The highest BCUT2D eigenvalue weighted by atomic mass is 28.4. The fraction of sp³-hybridized carbons (Fsp3) is 0.739. The molecule has 2 aromatic carbocycles. The molecule has 0 aromatic heterocycles. The van der Waals surface area contributed by atoms with Crippen molar-refractivity contribution in [1.29, 1.82) is 0 Å². The molecule has 0 aliphatic heterocycles. The van der Waals surface area contributed by atoms with E-state index in [4.69, 9.17) is 18.3 Å². The maximum absolute atomic E-state index is 11.4. The van der Waals surface area contributed by atoms with Crippen LogP contribution in [0.2, 0.25) is 36.3 Å². The first-order valence-electron chi connectivity index (χ1n) is 21.2. The first-order valence-corrected chi connectivity index (χ1v) is 27.1. The molecule has 0 unspecified atom stereocenters. The molecule has 0 bridgehead atoms. The van der Waals surface area contributed by atoms with E-state index in [1.165, 1.54) is 76.2 Å². The molecule has 0 saturated carbocycles. The lowest BCUT2D eigenvalue weighted by Gasteiger charge is -2.40. The lowest BCUT2D eigenvalue weighted by atomic mass is 9.97. The molecule has 7 heteroatoms. The van der Waals surface area contributed by atoms with Crippen molar-refractivity contribution in [2.75, 3.05) is 7.11 Å². The van der Waals surface area contributed by atoms with Crippen molar-refractivity contribution in [1.82, 2.24) is 0 Å². The highest BCUT2D eigenvalue weighted by Crippen LogP contribution is 2.39. The Morgan fingerprint density at radius 2 is 1.08 bits per heavy atom. The van der Waals surface area contributed by atoms with Gasteiger partial charge in [-0.15, -0.1) is 0 Å². The van der Waals surface area contributed by atoms with E-state index in [1.54, 1.807) is 7.11 Å². The highest BCUT2D eigenvalue weighted by Gasteiger charge is 2.40. The van der Waals surface area contributed by atoms with Gasteiger partial charge in [-0.3, -0.25) is 0 Å². The van der Waals surface area contributed by atoms with E-state index < -0.39 is 22.7 Å². The van der Waals surface area contributed by atoms with Crippen LogP contribution in [0.4, 0.5) is 0 Å². The molecular formula is C46H82O5Si2. The van der Waals surface area contributed by atoms with Gasteiger partial charge < -0.3 is 23.4 Å². The molecule has 53 heavy (non-hydrogen) atoms. The van der Waals surface area contributed by atoms with Crippen molar-refractivity contribution in [2.24, 2.45) is 0 Å². The maximum Gasteiger partial charge on any atom is 0.250 e. The lowest BCUT2D eigenvalue weighted by Crippen LogP contribution is -2.45. The van der Waals surface area contributed by atoms with E-state index in [0.717, 1.165) is 36.3 Å². The molecule has 0 saturated heterocycles. The van der Waals surface area contributed by atoms with Gasteiger partial charge in [0.1, 0.15) is 11.5 Å². The van der Waals surface area contributed by atoms with E-state index in [1.807, 2.05) is 12.1 Å². The monoisotopic (exact) mass is 771 g/mol. The van der Waals surface area contributed by atoms with Crippen LogP contribution in [0.15, 0.2) is 48.5 Å². The quantitative estimate of drug-likeness (QED) is 0.0724. The maximum atomic E-state index is 11.4. The smallest absolute Gasteiger partial charge is 0.250 e. The molecular weight excluding hydrogens is 689 g/mol. The minimum absolute atomic E-state index is 0.102. The summed E-state index contributed by atoms with van der Waals surface area (Å²) in [7, 11) is -2.19. The highest BCUT2D eigenvalue weighted by molar-refractivity contribution is 6.75. The Morgan fingerprint density at radius 1 is 0.585 bits per heavy atom. The zero-order valence-electron chi connectivity index (χ0n) is 36.5. The van der Waals surface area contributed by atoms with E-state index in [-0.39, 0.29) is 22.3 Å². The third-order valence-electron chi connectivity index (χ3n) is 12.0. The SMILES string of the molecule is CCCCCCCCCCCCC[C@H](C[C@@H](C[C@@H](O)CCc1ccc(O[Si](C)(C)C(C)(C)C)cc1)OCc1ccc(OC)cc1)O[Si](C)(C)C(C)(C)C. The van der Waals surface area contributed by atoms with Crippen molar-refractivity contribution in [3.63, 3.8) is 0 Å². The number of hydrogen-bond donors (Lipinski definition) is 1. The van der Waals surface area contributed by atoms with Crippen molar-refractivity contribution in [2.45, 2.75) is 212 Å². The molecule has 0 amide bonds. The second-order valence-electron chi connectivity index (χ2n) is 18.8. The Kier molecular flexibility index (Phi) is 21.0. The van der Waals surface area contributed by atoms with Gasteiger partial charge >= 0.3 is 0 Å². The predicted octanol–water partition coefficient (Wildman–Crippen LogP) is 13.8. The molecule has 3 atom stereocenters. The van der Waals surface area contributed by atoms with Crippen LogP contribution in [0.25, 0.3) is 0 Å². The summed E-state index contributed by atoms with van der Waals surface area (Å²) < 4.78 is 25.7. The molecule has 0 fully saturated rings. The Balaban J connectivity index is 2.07. The molecule has 304 valence electrons. The molecule has 0 radical (unpaired) electrons. The normalized spacial score (nSPS) is 14.6. The van der Waals surface area contributed by atoms with Crippen LogP contribution in [0, 0.1) is 0 Å². The summed E-state index contributed by atoms with van der Waals surface area (Å²) in [6.07, 6.45) is 18.2. The molecule has 2 aromatic rings. The van der Waals surface area contributed by atoms with Crippen LogP contribution in [0.5, 0.6) is 11.5 Å². The predicted molar refractivity (Wildman–Crippen MR) is 233 cm³/mol. The second-order valence-corrected chi connectivity index (χ2v) is 28.3. The molecule has 0 aliphatic rings. The van der Waals surface area contributed by atoms with Gasteiger partial charge in [0.2, 0.25) is 8.32 Å². The minimum Gasteiger partial charge on any atom is -0.544 e. The zero-order chi connectivity index (χ0) is 39.5. The topological polar surface area (TPSA) is 57.2 Å². The summed E-state index contributed by atoms with van der Waals surface area (Å²) in [4.78, 5) is 0. The molecule has 1 N–H and O–H groups in total. The van der Waals surface area contributed by atoms with Crippen LogP contribution >= 0.6 is 0 Å². The number of aliphatic hydroxyl groups excluding tert-OH is 1. The Labute approximate surface area is 329 Å². The molecule has 5 nitrogen and oxygen atoms in total. The van der Waals surface area contributed by atoms with Crippen molar-refractivity contribution in [3.05, 3.63) is 59.7 Å². The van der Waals surface area contributed by atoms with Crippen LogP contribution in [0.1, 0.15) is 156 Å². The van der Waals surface area contributed by atoms with Crippen molar-refractivity contribution in [3.8, 4) is 11.5 Å². The van der Waals surface area contributed by atoms with Crippen molar-refractivity contribution < 1.29 is 23.4 Å². The third-order valence-corrected chi connectivity index (χ3v) is 20.9. The fourth-order valence-electron chi connectivity index (χ4n) is 6.24. The van der Waals surface area contributed by atoms with Gasteiger partial charge in [0.05, 0.1) is 25.9 Å². The first kappa shape index (κ1) is 47.5. The fourth-order valence-corrected chi connectivity index (χ4v) is 8.67. The number of hydrogen-bond acceptors (Lipinski definition) is 5. The van der Waals surface area contributed by atoms with Crippen LogP contribution < -0.4 is 9.16 Å². The molecule has 2 rings (SSSR count). The molecule has 0 heterocycles. The standard InChI is InChI=1S/C46H82O5Si2/c1-13-14-15-16-17-18-19-20-21-22-23-24-43(51-53(11,12)46(5,6)7)36-44(49-37-39-28-31-41(48-8)32-29-39)35-40(47)30-25-38-26-33-42(34-27-38)50-52(9,10)45(2,3)4/h26-29,31-34,40,43-44,47H,13-25,30,35-37H2,1-12H3/t40-,43+,44+/m0/s1. The van der Waals surface area contributed by atoms with Gasteiger partial charge in [0.15, 0.2) is 8.32 Å². The van der Waals surface area contributed by atoms with Crippen molar-refractivity contribution >= 4 is 16.6 Å². The number of benzene rings is 2. The summed E-state index contributed by atoms with van der Waals surface area (Å²) in [6.45, 7) is 25.9. The Bertz CT molecular complexity index is 1230. The van der Waals surface area contributed by atoms with Gasteiger partial charge in [-0.25, -0.2) is 0 Å². The summed E-state index contributed by atoms with van der Waals surface area (Å²) in [5.74, 6) is 1.79. The van der Waals surface area contributed by atoms with Crippen LogP contribution in [0.3, 0.4) is 0 Å². The summed E-state index contributed by atoms with van der Waals surface area (Å²) in [5, 5.41) is 11.7. The van der Waals surface area contributed by atoms with E-state index >= 15 is 0 Å². The minimum atomic E-state index is -2.00. The van der Waals surface area contributed by atoms with E-state index in [0.29, 0.717) is 19.4 Å². The number of aliphatic hydroxyl groups is 1. The van der Waals surface area contributed by atoms with Gasteiger partial charge in [-0.2, -0.15) is 0 Å². The van der Waals surface area contributed by atoms with E-state index in [9.17, 15) is 5.11 Å². The number of ether oxygens (including phenoxy) is 2. The van der Waals surface area contributed by atoms with Crippen LogP contribution in [-0.4, -0.2) is 47.2 Å². The third kappa shape index (κ3) is 18.7. The largest absolute Gasteiger partial charge is 0.544 e. The number of aryl methyl sites for hydroxylation is 1. The van der Waals surface area contributed by atoms with Gasteiger partial charge in [0.25, 0.3) is 0 Å². The summed E-state index contributed by atoms with van der Waals surface area (Å²) in [5.41, 5.74) is 2.33. The Morgan fingerprint density at radius 3 is 1.58 bits per heavy atom. The number of rotatable bonds is 27. The summed E-state index contributed by atoms with van der Waals surface area (Å²) >= 11 is 0. The van der Waals surface area contributed by atoms with Crippen LogP contribution in [-0.2, 0) is 22.2 Å². The molecule has 0 aliphatic carbocycles. The number of methoxy groups -OCH3 is 1. The number of unbranched alkanes of at least 4 members (excludes halogenated alkanes) is 10. The zero-order valence-corrected chi connectivity index (χ0v) is 38.5. The molecule has 0 spiro atoms.